The van der Waals surface area contributed by atoms with Crippen LogP contribution in [0.2, 0.25) is 0 Å². The molecule has 12 heavy (non-hydrogen) atoms. The molecule has 70 valence electrons. The third-order valence-corrected chi connectivity index (χ3v) is 3.51. The molecule has 0 aromatic rings. The summed E-state index contributed by atoms with van der Waals surface area (Å²) in [6.45, 7) is 4.82. The Hall–Kier alpha value is -0.0800. The molecule has 0 radical (unpaired) electrons. The van der Waals surface area contributed by atoms with Crippen LogP contribution in [0.15, 0.2) is 0 Å². The van der Waals surface area contributed by atoms with Crippen molar-refractivity contribution in [3.8, 4) is 0 Å². The van der Waals surface area contributed by atoms with E-state index in [1.807, 2.05) is 0 Å². The van der Waals surface area contributed by atoms with Gasteiger partial charge in [-0.2, -0.15) is 0 Å². The maximum absolute atomic E-state index is 6.10. The summed E-state index contributed by atoms with van der Waals surface area (Å²) in [6.07, 6.45) is 5.32. The van der Waals surface area contributed by atoms with Gasteiger partial charge in [0.05, 0.1) is 0 Å². The van der Waals surface area contributed by atoms with Gasteiger partial charge in [-0.3, -0.25) is 4.90 Å². The van der Waals surface area contributed by atoms with Crippen molar-refractivity contribution in [2.24, 2.45) is 11.7 Å². The lowest BCUT2D eigenvalue weighted by Gasteiger charge is -2.26. The summed E-state index contributed by atoms with van der Waals surface area (Å²) in [5.41, 5.74) is 6.10. The molecule has 1 saturated heterocycles. The summed E-state index contributed by atoms with van der Waals surface area (Å²) in [6, 6.07) is 1.22. The molecule has 2 nitrogen and oxygen atoms in total. The standard InChI is InChI=1S/C10H20N2/c1-2-6-12-7-5-8-3-4-9(11)10(8)12/h8-10H,2-7,11H2,1H3/t8-,9+,10+/m1/s1. The van der Waals surface area contributed by atoms with E-state index in [9.17, 15) is 0 Å². The Morgan fingerprint density at radius 2 is 2.17 bits per heavy atom. The van der Waals surface area contributed by atoms with Gasteiger partial charge in [-0.15, -0.1) is 0 Å². The predicted octanol–water partition coefficient (Wildman–Crippen LogP) is 1.21. The first kappa shape index (κ1) is 8.52. The van der Waals surface area contributed by atoms with Gasteiger partial charge in [-0.1, -0.05) is 6.92 Å². The number of hydrogen-bond donors (Lipinski definition) is 1. The molecule has 1 aliphatic heterocycles. The quantitative estimate of drug-likeness (QED) is 0.671. The van der Waals surface area contributed by atoms with Crippen molar-refractivity contribution in [1.82, 2.24) is 4.90 Å². The number of nitrogens with two attached hydrogens (primary N) is 1. The molecular weight excluding hydrogens is 148 g/mol. The molecule has 0 aromatic carbocycles. The highest BCUT2D eigenvalue weighted by molar-refractivity contribution is 4.98. The van der Waals surface area contributed by atoms with Gasteiger partial charge in [0.15, 0.2) is 0 Å². The minimum atomic E-state index is 0.476. The molecule has 2 aliphatic rings. The summed E-state index contributed by atoms with van der Waals surface area (Å²) < 4.78 is 0. The lowest BCUT2D eigenvalue weighted by atomic mass is 10.0. The number of fused-ring (bicyclic) bond motifs is 1. The van der Waals surface area contributed by atoms with E-state index in [-0.39, 0.29) is 0 Å². The molecule has 2 N–H and O–H groups in total. The zero-order valence-corrected chi connectivity index (χ0v) is 8.00. The van der Waals surface area contributed by atoms with Gasteiger partial charge in [-0.05, 0) is 44.7 Å². The number of rotatable bonds is 2. The van der Waals surface area contributed by atoms with Crippen LogP contribution in [0, 0.1) is 5.92 Å². The molecule has 2 heteroatoms. The van der Waals surface area contributed by atoms with Crippen molar-refractivity contribution in [3.05, 3.63) is 0 Å². The van der Waals surface area contributed by atoms with Crippen LogP contribution in [0.1, 0.15) is 32.6 Å². The highest BCUT2D eigenvalue weighted by Crippen LogP contribution is 2.36. The molecule has 0 aromatic heterocycles. The molecule has 1 heterocycles. The summed E-state index contributed by atoms with van der Waals surface area (Å²) in [4.78, 5) is 2.61. The molecule has 3 atom stereocenters. The molecule has 2 fully saturated rings. The average Bonchev–Trinajstić information content (AvgIpc) is 2.58. The van der Waals surface area contributed by atoms with Gasteiger partial charge >= 0.3 is 0 Å². The molecule has 0 spiro atoms. The van der Waals surface area contributed by atoms with Crippen molar-refractivity contribution in [3.63, 3.8) is 0 Å². The second kappa shape index (κ2) is 3.35. The maximum atomic E-state index is 6.10. The van der Waals surface area contributed by atoms with E-state index >= 15 is 0 Å². The minimum absolute atomic E-state index is 0.476. The van der Waals surface area contributed by atoms with Crippen molar-refractivity contribution < 1.29 is 0 Å². The summed E-state index contributed by atoms with van der Waals surface area (Å²) >= 11 is 0. The van der Waals surface area contributed by atoms with Gasteiger partial charge in [0, 0.05) is 12.1 Å². The Balaban J connectivity index is 1.99. The van der Waals surface area contributed by atoms with E-state index in [0.29, 0.717) is 6.04 Å². The third-order valence-electron chi connectivity index (χ3n) is 3.51. The Labute approximate surface area is 75.1 Å². The minimum Gasteiger partial charge on any atom is -0.326 e. The smallest absolute Gasteiger partial charge is 0.0275 e. The Morgan fingerprint density at radius 1 is 1.33 bits per heavy atom. The van der Waals surface area contributed by atoms with Crippen LogP contribution in [0.5, 0.6) is 0 Å². The maximum Gasteiger partial charge on any atom is 0.0275 e. The first-order valence-electron chi connectivity index (χ1n) is 5.32. The van der Waals surface area contributed by atoms with Gasteiger partial charge in [0.2, 0.25) is 0 Å². The van der Waals surface area contributed by atoms with Crippen LogP contribution in [0.3, 0.4) is 0 Å². The van der Waals surface area contributed by atoms with Crippen molar-refractivity contribution in [1.29, 1.82) is 0 Å². The van der Waals surface area contributed by atoms with Crippen LogP contribution in [-0.2, 0) is 0 Å². The first-order valence-corrected chi connectivity index (χ1v) is 5.32. The van der Waals surface area contributed by atoms with Crippen molar-refractivity contribution >= 4 is 0 Å². The van der Waals surface area contributed by atoms with E-state index in [4.69, 9.17) is 5.73 Å². The van der Waals surface area contributed by atoms with Crippen molar-refractivity contribution in [2.75, 3.05) is 13.1 Å². The van der Waals surface area contributed by atoms with Gasteiger partial charge in [0.25, 0.3) is 0 Å². The molecular formula is C10H20N2. The molecule has 1 aliphatic carbocycles. The van der Waals surface area contributed by atoms with E-state index < -0.39 is 0 Å². The first-order chi connectivity index (χ1) is 5.83. The summed E-state index contributed by atoms with van der Waals surface area (Å²) in [7, 11) is 0. The lowest BCUT2D eigenvalue weighted by molar-refractivity contribution is 0.225. The van der Waals surface area contributed by atoms with E-state index in [1.165, 1.54) is 38.8 Å². The Bertz CT molecular complexity index is 156. The zero-order chi connectivity index (χ0) is 8.55. The average molecular weight is 168 g/mol. The third kappa shape index (κ3) is 1.27. The van der Waals surface area contributed by atoms with Gasteiger partial charge < -0.3 is 5.73 Å². The number of nitrogens with zero attached hydrogens (tertiary/aromatic N) is 1. The lowest BCUT2D eigenvalue weighted by Crippen LogP contribution is -2.43. The van der Waals surface area contributed by atoms with E-state index in [1.54, 1.807) is 0 Å². The second-order valence-corrected chi connectivity index (χ2v) is 4.32. The molecule has 1 saturated carbocycles. The van der Waals surface area contributed by atoms with Crippen LogP contribution in [0.25, 0.3) is 0 Å². The molecule has 2 rings (SSSR count). The highest BCUT2D eigenvalue weighted by atomic mass is 15.2. The normalized spacial score (nSPS) is 42.0. The van der Waals surface area contributed by atoms with Crippen LogP contribution in [0.4, 0.5) is 0 Å². The van der Waals surface area contributed by atoms with E-state index in [2.05, 4.69) is 11.8 Å². The molecule has 0 bridgehead atoms. The summed E-state index contributed by atoms with van der Waals surface area (Å²) in [5.74, 6) is 0.937. The molecule has 0 amide bonds. The van der Waals surface area contributed by atoms with Gasteiger partial charge in [-0.25, -0.2) is 0 Å². The molecule has 0 unspecified atom stereocenters. The fourth-order valence-corrected chi connectivity index (χ4v) is 3.01. The summed E-state index contributed by atoms with van der Waals surface area (Å²) in [5, 5.41) is 0. The topological polar surface area (TPSA) is 29.3 Å². The monoisotopic (exact) mass is 168 g/mol. The number of likely N-dealkylation sites (tertiary alicyclic amines) is 1. The fraction of sp³-hybridized carbons (Fsp3) is 1.00. The van der Waals surface area contributed by atoms with Crippen molar-refractivity contribution in [2.45, 2.75) is 44.7 Å². The fourth-order valence-electron chi connectivity index (χ4n) is 3.01. The zero-order valence-electron chi connectivity index (χ0n) is 8.00. The highest BCUT2D eigenvalue weighted by Gasteiger charge is 2.41. The predicted molar refractivity (Wildman–Crippen MR) is 51.0 cm³/mol. The Kier molecular flexibility index (Phi) is 2.37. The Morgan fingerprint density at radius 3 is 2.92 bits per heavy atom. The largest absolute Gasteiger partial charge is 0.326 e. The van der Waals surface area contributed by atoms with Crippen LogP contribution in [-0.4, -0.2) is 30.1 Å². The second-order valence-electron chi connectivity index (χ2n) is 4.32. The SMILES string of the molecule is CCCN1CC[C@H]2CC[C@H](N)[C@H]21. The van der Waals surface area contributed by atoms with E-state index in [0.717, 1.165) is 12.0 Å². The van der Waals surface area contributed by atoms with Gasteiger partial charge in [0.1, 0.15) is 0 Å². The van der Waals surface area contributed by atoms with Crippen LogP contribution >= 0.6 is 0 Å². The van der Waals surface area contributed by atoms with Crippen LogP contribution < -0.4 is 5.73 Å². The number of hydrogen-bond acceptors (Lipinski definition) is 2.